The van der Waals surface area contributed by atoms with Crippen molar-refractivity contribution in [1.82, 2.24) is 15.1 Å². The average Bonchev–Trinajstić information content (AvgIpc) is 2.62. The fraction of sp³-hybridized carbons (Fsp3) is 0.545. The summed E-state index contributed by atoms with van der Waals surface area (Å²) in [7, 11) is 0. The molecule has 1 aromatic heterocycles. The van der Waals surface area contributed by atoms with Crippen LogP contribution in [0.25, 0.3) is 0 Å². The minimum atomic E-state index is -1.02. The molecule has 2 N–H and O–H groups in total. The lowest BCUT2D eigenvalue weighted by molar-refractivity contribution is -0.142. The van der Waals surface area contributed by atoms with E-state index in [1.54, 1.807) is 12.4 Å². The molecule has 0 aliphatic heterocycles. The summed E-state index contributed by atoms with van der Waals surface area (Å²) >= 11 is 3.22. The summed E-state index contributed by atoms with van der Waals surface area (Å²) in [5.74, 6) is -1.18. The second-order valence-electron chi connectivity index (χ2n) is 4.44. The van der Waals surface area contributed by atoms with Crippen LogP contribution in [-0.4, -0.2) is 32.8 Å². The Balaban J connectivity index is 2.53. The molecule has 6 nitrogen and oxygen atoms in total. The smallest absolute Gasteiger partial charge is 0.326 e. The molecule has 0 aliphatic rings. The van der Waals surface area contributed by atoms with Crippen LogP contribution >= 0.6 is 15.9 Å². The number of hydrogen-bond acceptors (Lipinski definition) is 3. The number of nitrogens with zero attached hydrogens (tertiary/aromatic N) is 2. The Morgan fingerprint density at radius 2 is 2.22 bits per heavy atom. The molecule has 7 heteroatoms. The molecule has 1 rings (SSSR count). The van der Waals surface area contributed by atoms with Gasteiger partial charge in [0.15, 0.2) is 0 Å². The molecular formula is C11H16BrN3O3. The molecule has 0 aliphatic carbocycles. The van der Waals surface area contributed by atoms with Crippen molar-refractivity contribution in [2.24, 2.45) is 5.92 Å². The molecular weight excluding hydrogens is 302 g/mol. The Labute approximate surface area is 113 Å². The molecule has 0 saturated carbocycles. The average molecular weight is 318 g/mol. The molecule has 1 atom stereocenters. The van der Waals surface area contributed by atoms with Crippen molar-refractivity contribution in [3.05, 3.63) is 16.9 Å². The normalized spacial score (nSPS) is 12.4. The predicted molar refractivity (Wildman–Crippen MR) is 68.9 cm³/mol. The zero-order valence-electron chi connectivity index (χ0n) is 10.3. The van der Waals surface area contributed by atoms with Gasteiger partial charge in [0, 0.05) is 6.20 Å². The van der Waals surface area contributed by atoms with Crippen LogP contribution in [0, 0.1) is 5.92 Å². The van der Waals surface area contributed by atoms with Crippen molar-refractivity contribution in [3.8, 4) is 0 Å². The number of nitrogens with one attached hydrogen (secondary N) is 1. The summed E-state index contributed by atoms with van der Waals surface area (Å²) < 4.78 is 2.21. The minimum Gasteiger partial charge on any atom is -0.480 e. The van der Waals surface area contributed by atoms with E-state index >= 15 is 0 Å². The van der Waals surface area contributed by atoms with Gasteiger partial charge in [0.25, 0.3) is 0 Å². The highest BCUT2D eigenvalue weighted by molar-refractivity contribution is 9.10. The molecule has 0 radical (unpaired) electrons. The van der Waals surface area contributed by atoms with E-state index in [-0.39, 0.29) is 18.4 Å². The Bertz CT molecular complexity index is 431. The minimum absolute atomic E-state index is 0.00742. The van der Waals surface area contributed by atoms with Crippen molar-refractivity contribution in [1.29, 1.82) is 0 Å². The maximum atomic E-state index is 11.7. The molecule has 1 aromatic rings. The lowest BCUT2D eigenvalue weighted by Crippen LogP contribution is -2.43. The number of carboxylic acid groups (broad SMARTS) is 1. The van der Waals surface area contributed by atoms with Gasteiger partial charge in [0.2, 0.25) is 5.91 Å². The number of aromatic nitrogens is 2. The third kappa shape index (κ3) is 4.87. The molecule has 0 bridgehead atoms. The standard InChI is InChI=1S/C11H16BrN3O3/c1-7(2)3-9(11(17)18)14-10(16)6-15-5-8(12)4-13-15/h4-5,7,9H,3,6H2,1-2H3,(H,14,16)(H,17,18). The van der Waals surface area contributed by atoms with E-state index in [1.807, 2.05) is 13.8 Å². The summed E-state index contributed by atoms with van der Waals surface area (Å²) in [4.78, 5) is 22.6. The lowest BCUT2D eigenvalue weighted by atomic mass is 10.0. The predicted octanol–water partition coefficient (Wildman–Crippen LogP) is 1.26. The summed E-state index contributed by atoms with van der Waals surface area (Å²) in [6, 6.07) is -0.850. The molecule has 1 amide bonds. The fourth-order valence-electron chi connectivity index (χ4n) is 1.50. The summed E-state index contributed by atoms with van der Waals surface area (Å²) in [6.45, 7) is 3.83. The summed E-state index contributed by atoms with van der Waals surface area (Å²) in [5, 5.41) is 15.4. The van der Waals surface area contributed by atoms with E-state index in [0.717, 1.165) is 4.47 Å². The van der Waals surface area contributed by atoms with E-state index in [4.69, 9.17) is 5.11 Å². The van der Waals surface area contributed by atoms with Gasteiger partial charge in [-0.05, 0) is 28.3 Å². The Morgan fingerprint density at radius 3 is 2.67 bits per heavy atom. The van der Waals surface area contributed by atoms with Gasteiger partial charge in [0.05, 0.1) is 10.7 Å². The monoisotopic (exact) mass is 317 g/mol. The highest BCUT2D eigenvalue weighted by atomic mass is 79.9. The number of hydrogen-bond donors (Lipinski definition) is 2. The largest absolute Gasteiger partial charge is 0.480 e. The van der Waals surface area contributed by atoms with Gasteiger partial charge in [-0.15, -0.1) is 0 Å². The zero-order valence-corrected chi connectivity index (χ0v) is 11.8. The SMILES string of the molecule is CC(C)CC(NC(=O)Cn1cc(Br)cn1)C(=O)O. The van der Waals surface area contributed by atoms with E-state index in [9.17, 15) is 9.59 Å². The highest BCUT2D eigenvalue weighted by Gasteiger charge is 2.21. The van der Waals surface area contributed by atoms with Crippen LogP contribution in [0.5, 0.6) is 0 Å². The van der Waals surface area contributed by atoms with E-state index in [0.29, 0.717) is 6.42 Å². The van der Waals surface area contributed by atoms with E-state index in [1.165, 1.54) is 4.68 Å². The van der Waals surface area contributed by atoms with Gasteiger partial charge in [-0.1, -0.05) is 13.8 Å². The zero-order chi connectivity index (χ0) is 13.7. The molecule has 1 heterocycles. The number of rotatable bonds is 6. The molecule has 1 unspecified atom stereocenters. The van der Waals surface area contributed by atoms with Gasteiger partial charge in [-0.3, -0.25) is 9.48 Å². The Kier molecular flexibility index (Phi) is 5.33. The van der Waals surface area contributed by atoms with Crippen LogP contribution in [-0.2, 0) is 16.1 Å². The van der Waals surface area contributed by atoms with E-state index < -0.39 is 12.0 Å². The van der Waals surface area contributed by atoms with Crippen molar-refractivity contribution in [3.63, 3.8) is 0 Å². The number of carbonyl (C=O) groups is 2. The van der Waals surface area contributed by atoms with Crippen LogP contribution in [0.2, 0.25) is 0 Å². The summed E-state index contributed by atoms with van der Waals surface area (Å²) in [6.07, 6.45) is 3.62. The van der Waals surface area contributed by atoms with Gasteiger partial charge in [-0.25, -0.2) is 4.79 Å². The number of carboxylic acids is 1. The van der Waals surface area contributed by atoms with Gasteiger partial charge < -0.3 is 10.4 Å². The maximum Gasteiger partial charge on any atom is 0.326 e. The number of amides is 1. The Hall–Kier alpha value is -1.37. The molecule has 18 heavy (non-hydrogen) atoms. The molecule has 0 spiro atoms. The first kappa shape index (κ1) is 14.7. The third-order valence-electron chi connectivity index (χ3n) is 2.25. The lowest BCUT2D eigenvalue weighted by Gasteiger charge is -2.16. The first-order valence-electron chi connectivity index (χ1n) is 5.58. The van der Waals surface area contributed by atoms with Crippen LogP contribution < -0.4 is 5.32 Å². The molecule has 0 aromatic carbocycles. The first-order valence-corrected chi connectivity index (χ1v) is 6.38. The first-order chi connectivity index (χ1) is 8.38. The van der Waals surface area contributed by atoms with Gasteiger partial charge in [0.1, 0.15) is 12.6 Å². The maximum absolute atomic E-state index is 11.7. The van der Waals surface area contributed by atoms with Crippen LogP contribution in [0.3, 0.4) is 0 Å². The van der Waals surface area contributed by atoms with Crippen molar-refractivity contribution < 1.29 is 14.7 Å². The van der Waals surface area contributed by atoms with Gasteiger partial charge >= 0.3 is 5.97 Å². The second kappa shape index (κ2) is 6.53. The van der Waals surface area contributed by atoms with Crippen molar-refractivity contribution in [2.75, 3.05) is 0 Å². The topological polar surface area (TPSA) is 84.2 Å². The summed E-state index contributed by atoms with van der Waals surface area (Å²) in [5.41, 5.74) is 0. The molecule has 100 valence electrons. The van der Waals surface area contributed by atoms with Crippen molar-refractivity contribution >= 4 is 27.8 Å². The highest BCUT2D eigenvalue weighted by Crippen LogP contribution is 2.07. The van der Waals surface area contributed by atoms with Crippen LogP contribution in [0.15, 0.2) is 16.9 Å². The van der Waals surface area contributed by atoms with Crippen molar-refractivity contribution in [2.45, 2.75) is 32.9 Å². The van der Waals surface area contributed by atoms with Gasteiger partial charge in [-0.2, -0.15) is 5.10 Å². The number of halogens is 1. The van der Waals surface area contributed by atoms with Crippen LogP contribution in [0.1, 0.15) is 20.3 Å². The Morgan fingerprint density at radius 1 is 1.56 bits per heavy atom. The number of carbonyl (C=O) groups excluding carboxylic acids is 1. The van der Waals surface area contributed by atoms with E-state index in [2.05, 4.69) is 26.3 Å². The number of aliphatic carboxylic acids is 1. The van der Waals surface area contributed by atoms with Crippen LogP contribution in [0.4, 0.5) is 0 Å². The third-order valence-corrected chi connectivity index (χ3v) is 2.66. The molecule has 0 fully saturated rings. The second-order valence-corrected chi connectivity index (χ2v) is 5.36. The quantitative estimate of drug-likeness (QED) is 0.827. The fourth-order valence-corrected chi connectivity index (χ4v) is 1.83. The molecule has 0 saturated heterocycles.